The molecule has 2 fully saturated rings. The molecule has 2 atom stereocenters. The molecular formula is C20H20N6O. The van der Waals surface area contributed by atoms with E-state index in [0.717, 1.165) is 30.8 Å². The van der Waals surface area contributed by atoms with Crippen LogP contribution in [0, 0.1) is 11.8 Å². The van der Waals surface area contributed by atoms with Crippen LogP contribution in [-0.2, 0) is 6.54 Å². The first-order valence-electron chi connectivity index (χ1n) is 9.14. The van der Waals surface area contributed by atoms with Crippen molar-refractivity contribution in [2.75, 3.05) is 18.0 Å². The molecule has 1 amide bonds. The molecule has 3 aromatic rings. The molecule has 1 aliphatic carbocycles. The summed E-state index contributed by atoms with van der Waals surface area (Å²) in [6.07, 6.45) is 2.99. The molecule has 5 rings (SSSR count). The first-order chi connectivity index (χ1) is 13.2. The largest absolute Gasteiger partial charge is 0.366 e. The minimum Gasteiger partial charge on any atom is -0.366 e. The predicted octanol–water partition coefficient (Wildman–Crippen LogP) is 1.35. The van der Waals surface area contributed by atoms with E-state index in [1.807, 2.05) is 18.2 Å². The second-order valence-electron chi connectivity index (χ2n) is 7.27. The van der Waals surface area contributed by atoms with Gasteiger partial charge in [0.15, 0.2) is 0 Å². The van der Waals surface area contributed by atoms with Crippen molar-refractivity contribution in [2.24, 2.45) is 17.6 Å². The van der Waals surface area contributed by atoms with Gasteiger partial charge in [0.05, 0.1) is 16.8 Å². The second kappa shape index (κ2) is 6.28. The van der Waals surface area contributed by atoms with Gasteiger partial charge in [-0.1, -0.05) is 24.3 Å². The van der Waals surface area contributed by atoms with Crippen LogP contribution in [0.4, 0.5) is 5.95 Å². The number of carbonyl (C=O) groups excluding carboxylic acids is 1. The monoisotopic (exact) mass is 360 g/mol. The number of aromatic nitrogens is 3. The lowest BCUT2D eigenvalue weighted by Gasteiger charge is -2.20. The molecule has 1 aliphatic heterocycles. The van der Waals surface area contributed by atoms with Crippen molar-refractivity contribution in [2.45, 2.75) is 12.6 Å². The number of piperidine rings is 1. The number of anilines is 1. The molecule has 1 aromatic carbocycles. The van der Waals surface area contributed by atoms with E-state index < -0.39 is 5.91 Å². The van der Waals surface area contributed by atoms with E-state index in [1.54, 1.807) is 0 Å². The molecule has 2 unspecified atom stereocenters. The SMILES string of the molecule is NC(=O)c1cnc(N2CC3C(C2)C3NCc2ccc3ccccc3n2)nc1. The Kier molecular flexibility index (Phi) is 3.75. The van der Waals surface area contributed by atoms with Crippen LogP contribution in [0.3, 0.4) is 0 Å². The Hall–Kier alpha value is -3.06. The summed E-state index contributed by atoms with van der Waals surface area (Å²) >= 11 is 0. The van der Waals surface area contributed by atoms with Crippen LogP contribution >= 0.6 is 0 Å². The van der Waals surface area contributed by atoms with Crippen molar-refractivity contribution < 1.29 is 4.79 Å². The summed E-state index contributed by atoms with van der Waals surface area (Å²) in [5.41, 5.74) is 7.68. The molecule has 7 heteroatoms. The number of para-hydroxylation sites is 1. The molecule has 7 nitrogen and oxygen atoms in total. The van der Waals surface area contributed by atoms with Gasteiger partial charge in [-0.2, -0.15) is 0 Å². The smallest absolute Gasteiger partial charge is 0.251 e. The summed E-state index contributed by atoms with van der Waals surface area (Å²) in [6, 6.07) is 12.9. The third-order valence-electron chi connectivity index (χ3n) is 5.57. The molecule has 0 bridgehead atoms. The summed E-state index contributed by atoms with van der Waals surface area (Å²) in [5, 5.41) is 4.81. The second-order valence-corrected chi connectivity index (χ2v) is 7.27. The number of nitrogens with one attached hydrogen (secondary N) is 1. The molecule has 136 valence electrons. The number of nitrogens with zero attached hydrogens (tertiary/aromatic N) is 4. The first-order valence-corrected chi connectivity index (χ1v) is 9.14. The highest BCUT2D eigenvalue weighted by Gasteiger charge is 2.55. The van der Waals surface area contributed by atoms with Gasteiger partial charge in [0.1, 0.15) is 0 Å². The van der Waals surface area contributed by atoms with Crippen LogP contribution in [0.5, 0.6) is 0 Å². The van der Waals surface area contributed by atoms with E-state index in [4.69, 9.17) is 10.7 Å². The molecular weight excluding hydrogens is 340 g/mol. The number of fused-ring (bicyclic) bond motifs is 2. The van der Waals surface area contributed by atoms with Gasteiger partial charge in [0, 0.05) is 43.5 Å². The first kappa shape index (κ1) is 16.1. The van der Waals surface area contributed by atoms with Crippen LogP contribution in [0.1, 0.15) is 16.1 Å². The van der Waals surface area contributed by atoms with Crippen molar-refractivity contribution in [3.8, 4) is 0 Å². The average Bonchev–Trinajstić information content (AvgIpc) is 3.15. The van der Waals surface area contributed by atoms with Crippen LogP contribution in [0.25, 0.3) is 10.9 Å². The van der Waals surface area contributed by atoms with Gasteiger partial charge in [-0.15, -0.1) is 0 Å². The number of amides is 1. The van der Waals surface area contributed by atoms with Crippen molar-refractivity contribution >= 4 is 22.8 Å². The van der Waals surface area contributed by atoms with E-state index >= 15 is 0 Å². The van der Waals surface area contributed by atoms with Crippen molar-refractivity contribution in [3.05, 3.63) is 60.0 Å². The van der Waals surface area contributed by atoms with Gasteiger partial charge in [-0.05, 0) is 24.0 Å². The highest BCUT2D eigenvalue weighted by Crippen LogP contribution is 2.46. The normalized spacial score (nSPS) is 23.4. The molecule has 27 heavy (non-hydrogen) atoms. The van der Waals surface area contributed by atoms with Crippen molar-refractivity contribution in [1.29, 1.82) is 0 Å². The van der Waals surface area contributed by atoms with Gasteiger partial charge in [-0.25, -0.2) is 9.97 Å². The van der Waals surface area contributed by atoms with E-state index in [1.165, 1.54) is 17.8 Å². The fraction of sp³-hybridized carbons (Fsp3) is 0.300. The summed E-state index contributed by atoms with van der Waals surface area (Å²) in [7, 11) is 0. The number of pyridine rings is 1. The lowest BCUT2D eigenvalue weighted by atomic mass is 10.2. The van der Waals surface area contributed by atoms with Crippen LogP contribution in [-0.4, -0.2) is 40.0 Å². The Labute approximate surface area is 156 Å². The number of primary amides is 1. The third-order valence-corrected chi connectivity index (χ3v) is 5.57. The number of hydrogen-bond acceptors (Lipinski definition) is 6. The van der Waals surface area contributed by atoms with Gasteiger partial charge in [0.25, 0.3) is 5.91 Å². The third kappa shape index (κ3) is 3.00. The molecule has 0 radical (unpaired) electrons. The lowest BCUT2D eigenvalue weighted by molar-refractivity contribution is 0.0999. The summed E-state index contributed by atoms with van der Waals surface area (Å²) in [6.45, 7) is 2.65. The average molecular weight is 360 g/mol. The highest BCUT2D eigenvalue weighted by atomic mass is 16.1. The number of rotatable bonds is 5. The standard InChI is InChI=1S/C20H20N6O/c21-19(27)13-7-23-20(24-8-13)26-10-15-16(11-26)18(15)22-9-14-6-5-12-3-1-2-4-17(12)25-14/h1-8,15-16,18,22H,9-11H2,(H2,21,27). The molecule has 0 spiro atoms. The Bertz CT molecular complexity index is 993. The quantitative estimate of drug-likeness (QED) is 0.713. The Balaban J connectivity index is 1.17. The Morgan fingerprint density at radius 3 is 2.59 bits per heavy atom. The van der Waals surface area contributed by atoms with Crippen LogP contribution < -0.4 is 16.0 Å². The summed E-state index contributed by atoms with van der Waals surface area (Å²) in [4.78, 5) is 26.5. The maximum atomic E-state index is 11.1. The van der Waals surface area contributed by atoms with E-state index in [2.05, 4.69) is 38.4 Å². The van der Waals surface area contributed by atoms with E-state index in [9.17, 15) is 4.79 Å². The van der Waals surface area contributed by atoms with E-state index in [0.29, 0.717) is 29.4 Å². The molecule has 2 aliphatic rings. The number of benzene rings is 1. The van der Waals surface area contributed by atoms with Crippen LogP contribution in [0.2, 0.25) is 0 Å². The summed E-state index contributed by atoms with van der Waals surface area (Å²) < 4.78 is 0. The maximum absolute atomic E-state index is 11.1. The van der Waals surface area contributed by atoms with Gasteiger partial charge >= 0.3 is 0 Å². The maximum Gasteiger partial charge on any atom is 0.251 e. The fourth-order valence-corrected chi connectivity index (χ4v) is 4.03. The number of carbonyl (C=O) groups is 1. The highest BCUT2D eigenvalue weighted by molar-refractivity contribution is 5.92. The minimum absolute atomic E-state index is 0.338. The van der Waals surface area contributed by atoms with Crippen LogP contribution in [0.15, 0.2) is 48.8 Å². The molecule has 1 saturated heterocycles. The molecule has 3 N–H and O–H groups in total. The molecule has 3 heterocycles. The van der Waals surface area contributed by atoms with Crippen molar-refractivity contribution in [3.63, 3.8) is 0 Å². The summed E-state index contributed by atoms with van der Waals surface area (Å²) in [5.74, 6) is 1.40. The Morgan fingerprint density at radius 2 is 1.85 bits per heavy atom. The topological polar surface area (TPSA) is 97.0 Å². The van der Waals surface area contributed by atoms with Crippen molar-refractivity contribution in [1.82, 2.24) is 20.3 Å². The van der Waals surface area contributed by atoms with Gasteiger partial charge in [0.2, 0.25) is 5.95 Å². The van der Waals surface area contributed by atoms with E-state index in [-0.39, 0.29) is 0 Å². The molecule has 1 saturated carbocycles. The fourth-order valence-electron chi connectivity index (χ4n) is 4.03. The Morgan fingerprint density at radius 1 is 1.11 bits per heavy atom. The minimum atomic E-state index is -0.502. The van der Waals surface area contributed by atoms with Gasteiger partial charge < -0.3 is 16.0 Å². The number of hydrogen-bond donors (Lipinski definition) is 2. The van der Waals surface area contributed by atoms with Gasteiger partial charge in [-0.3, -0.25) is 9.78 Å². The lowest BCUT2D eigenvalue weighted by Crippen LogP contribution is -2.32. The number of nitrogens with two attached hydrogens (primary N) is 1. The predicted molar refractivity (Wildman–Crippen MR) is 102 cm³/mol. The zero-order valence-corrected chi connectivity index (χ0v) is 14.7. The molecule has 2 aromatic heterocycles. The zero-order chi connectivity index (χ0) is 18.4. The zero-order valence-electron chi connectivity index (χ0n) is 14.7.